The van der Waals surface area contributed by atoms with Gasteiger partial charge in [0.2, 0.25) is 0 Å². The van der Waals surface area contributed by atoms with Gasteiger partial charge in [0.25, 0.3) is 11.8 Å². The van der Waals surface area contributed by atoms with Crippen molar-refractivity contribution in [1.82, 2.24) is 20.8 Å². The lowest BCUT2D eigenvalue weighted by Gasteiger charge is -2.03. The van der Waals surface area contributed by atoms with E-state index in [9.17, 15) is 9.59 Å². The Morgan fingerprint density at radius 3 is 2.59 bits per heavy atom. The molecule has 2 aromatic heterocycles. The fraction of sp³-hybridized carbons (Fsp3) is 0. The van der Waals surface area contributed by atoms with Crippen LogP contribution in [0.5, 0.6) is 0 Å². The minimum Gasteiger partial charge on any atom is -0.266 e. The minimum atomic E-state index is -0.450. The quantitative estimate of drug-likeness (QED) is 0.608. The number of thiazole rings is 2. The van der Waals surface area contributed by atoms with Crippen molar-refractivity contribution in [2.24, 2.45) is 0 Å². The maximum atomic E-state index is 11.5. The molecule has 9 heteroatoms. The summed E-state index contributed by atoms with van der Waals surface area (Å²) in [5.41, 5.74) is 4.81. The van der Waals surface area contributed by atoms with Gasteiger partial charge in [-0.05, 0) is 22.6 Å². The van der Waals surface area contributed by atoms with Crippen molar-refractivity contribution in [2.75, 3.05) is 0 Å². The van der Waals surface area contributed by atoms with Gasteiger partial charge in [-0.15, -0.1) is 22.7 Å². The molecule has 2 heterocycles. The number of carbonyl (C=O) groups is 2. The van der Waals surface area contributed by atoms with Crippen LogP contribution in [0.15, 0.2) is 17.0 Å². The number of carbonyl (C=O) groups excluding carboxylic acids is 2. The number of aromatic nitrogens is 2. The van der Waals surface area contributed by atoms with Crippen LogP contribution in [0.3, 0.4) is 0 Å². The Hall–Kier alpha value is -1.07. The fourth-order valence-electron chi connectivity index (χ4n) is 0.923. The lowest BCUT2D eigenvalue weighted by atomic mass is 10.5. The molecule has 17 heavy (non-hydrogen) atoms. The first kappa shape index (κ1) is 12.4. The molecule has 0 aliphatic heterocycles. The zero-order valence-electron chi connectivity index (χ0n) is 8.14. The maximum absolute atomic E-state index is 11.5. The first-order valence-corrected chi connectivity index (χ1v) is 7.12. The van der Waals surface area contributed by atoms with Crippen molar-refractivity contribution < 1.29 is 9.59 Å². The van der Waals surface area contributed by atoms with Gasteiger partial charge in [-0.3, -0.25) is 20.4 Å². The van der Waals surface area contributed by atoms with E-state index < -0.39 is 11.8 Å². The SMILES string of the molecule is O=C(NNC(=O)c1nccs1)c1csc(I)n1. The normalized spacial score (nSPS) is 9.94. The van der Waals surface area contributed by atoms with Crippen LogP contribution in [-0.4, -0.2) is 21.8 Å². The standard InChI is InChI=1S/C8H5IN4O2S2/c9-8-11-4(3-17-8)5(14)12-13-6(15)7-10-1-2-16-7/h1-3H,(H,12,14)(H,13,15). The zero-order valence-corrected chi connectivity index (χ0v) is 11.9. The molecule has 2 rings (SSSR count). The van der Waals surface area contributed by atoms with Crippen LogP contribution in [0.25, 0.3) is 0 Å². The number of hydrazine groups is 1. The number of hydrogen-bond acceptors (Lipinski definition) is 6. The highest BCUT2D eigenvalue weighted by molar-refractivity contribution is 14.1. The lowest BCUT2D eigenvalue weighted by Crippen LogP contribution is -2.41. The Morgan fingerprint density at radius 2 is 2.00 bits per heavy atom. The van der Waals surface area contributed by atoms with Gasteiger partial charge in [-0.2, -0.15) is 0 Å². The molecule has 2 amide bonds. The van der Waals surface area contributed by atoms with Gasteiger partial charge in [0, 0.05) is 17.0 Å². The molecule has 0 saturated carbocycles. The van der Waals surface area contributed by atoms with Crippen molar-refractivity contribution in [3.63, 3.8) is 0 Å². The molecule has 0 fully saturated rings. The molecule has 0 bridgehead atoms. The van der Waals surface area contributed by atoms with E-state index in [-0.39, 0.29) is 10.7 Å². The highest BCUT2D eigenvalue weighted by Crippen LogP contribution is 2.11. The summed E-state index contributed by atoms with van der Waals surface area (Å²) >= 11 is 4.57. The summed E-state index contributed by atoms with van der Waals surface area (Å²) in [4.78, 5) is 30.8. The van der Waals surface area contributed by atoms with E-state index in [1.165, 1.54) is 28.9 Å². The van der Waals surface area contributed by atoms with Crippen LogP contribution in [0.4, 0.5) is 0 Å². The molecule has 0 aliphatic carbocycles. The zero-order chi connectivity index (χ0) is 12.3. The summed E-state index contributed by atoms with van der Waals surface area (Å²) in [6.07, 6.45) is 1.52. The molecule has 0 spiro atoms. The molecular formula is C8H5IN4O2S2. The molecule has 0 unspecified atom stereocenters. The van der Waals surface area contributed by atoms with Crippen molar-refractivity contribution in [3.05, 3.63) is 30.7 Å². The van der Waals surface area contributed by atoms with Crippen LogP contribution in [0.2, 0.25) is 0 Å². The summed E-state index contributed by atoms with van der Waals surface area (Å²) < 4.78 is 0.763. The monoisotopic (exact) mass is 380 g/mol. The molecule has 2 N–H and O–H groups in total. The Morgan fingerprint density at radius 1 is 1.24 bits per heavy atom. The van der Waals surface area contributed by atoms with Crippen LogP contribution in [-0.2, 0) is 0 Å². The first-order valence-electron chi connectivity index (χ1n) is 4.28. The first-order chi connectivity index (χ1) is 8.16. The van der Waals surface area contributed by atoms with Gasteiger partial charge in [-0.1, -0.05) is 0 Å². The summed E-state index contributed by atoms with van der Waals surface area (Å²) in [7, 11) is 0. The van der Waals surface area contributed by atoms with Crippen LogP contribution in [0, 0.1) is 3.01 Å². The van der Waals surface area contributed by atoms with E-state index >= 15 is 0 Å². The van der Waals surface area contributed by atoms with E-state index in [4.69, 9.17) is 0 Å². The molecule has 0 saturated heterocycles. The second-order valence-electron chi connectivity index (χ2n) is 2.73. The maximum Gasteiger partial charge on any atom is 0.298 e. The van der Waals surface area contributed by atoms with E-state index in [1.54, 1.807) is 10.8 Å². The summed E-state index contributed by atoms with van der Waals surface area (Å²) in [5.74, 6) is -0.896. The summed E-state index contributed by atoms with van der Waals surface area (Å²) in [6, 6.07) is 0. The average molecular weight is 380 g/mol. The van der Waals surface area contributed by atoms with Gasteiger partial charge >= 0.3 is 0 Å². The van der Waals surface area contributed by atoms with Crippen LogP contribution in [0.1, 0.15) is 20.3 Å². The minimum absolute atomic E-state index is 0.277. The Balaban J connectivity index is 1.91. The highest BCUT2D eigenvalue weighted by Gasteiger charge is 2.12. The molecule has 6 nitrogen and oxygen atoms in total. The third kappa shape index (κ3) is 3.20. The van der Waals surface area contributed by atoms with Crippen LogP contribution < -0.4 is 10.9 Å². The highest BCUT2D eigenvalue weighted by atomic mass is 127. The predicted octanol–water partition coefficient (Wildman–Crippen LogP) is 1.28. The van der Waals surface area contributed by atoms with E-state index in [1.807, 2.05) is 22.6 Å². The topological polar surface area (TPSA) is 84.0 Å². The number of amides is 2. The number of rotatable bonds is 2. The van der Waals surface area contributed by atoms with Gasteiger partial charge in [0.15, 0.2) is 8.02 Å². The Kier molecular flexibility index (Phi) is 4.02. The number of nitrogens with one attached hydrogen (secondary N) is 2. The summed E-state index contributed by atoms with van der Waals surface area (Å²) in [6.45, 7) is 0. The third-order valence-corrected chi connectivity index (χ3v) is 4.03. The van der Waals surface area contributed by atoms with Crippen molar-refractivity contribution in [3.8, 4) is 0 Å². The third-order valence-electron chi connectivity index (χ3n) is 1.62. The van der Waals surface area contributed by atoms with Crippen molar-refractivity contribution in [1.29, 1.82) is 0 Å². The second kappa shape index (κ2) is 5.51. The second-order valence-corrected chi connectivity index (χ2v) is 6.24. The molecule has 2 aromatic rings. The smallest absolute Gasteiger partial charge is 0.266 e. The molecule has 88 valence electrons. The largest absolute Gasteiger partial charge is 0.298 e. The molecule has 0 aliphatic rings. The van der Waals surface area contributed by atoms with E-state index in [0.29, 0.717) is 0 Å². The molecule has 0 radical (unpaired) electrons. The van der Waals surface area contributed by atoms with Gasteiger partial charge < -0.3 is 0 Å². The average Bonchev–Trinajstić information content (AvgIpc) is 2.95. The van der Waals surface area contributed by atoms with Gasteiger partial charge in [0.1, 0.15) is 5.69 Å². The molecular weight excluding hydrogens is 375 g/mol. The molecule has 0 atom stereocenters. The number of halogens is 1. The van der Waals surface area contributed by atoms with Gasteiger partial charge in [-0.25, -0.2) is 9.97 Å². The van der Waals surface area contributed by atoms with E-state index in [0.717, 1.165) is 3.01 Å². The van der Waals surface area contributed by atoms with Crippen LogP contribution >= 0.6 is 45.3 Å². The summed E-state index contributed by atoms with van der Waals surface area (Å²) in [5, 5.41) is 3.59. The van der Waals surface area contributed by atoms with Gasteiger partial charge in [0.05, 0.1) is 0 Å². The fourth-order valence-corrected chi connectivity index (χ4v) is 2.61. The van der Waals surface area contributed by atoms with E-state index in [2.05, 4.69) is 20.8 Å². The number of nitrogens with zero attached hydrogens (tertiary/aromatic N) is 2. The Labute approximate surface area is 118 Å². The van der Waals surface area contributed by atoms with Crippen molar-refractivity contribution >= 4 is 57.1 Å². The molecule has 0 aromatic carbocycles. The Bertz CT molecular complexity index is 539. The van der Waals surface area contributed by atoms with Crippen molar-refractivity contribution in [2.45, 2.75) is 0 Å². The lowest BCUT2D eigenvalue weighted by molar-refractivity contribution is 0.0844. The number of hydrogen-bond donors (Lipinski definition) is 2. The predicted molar refractivity (Wildman–Crippen MR) is 71.9 cm³/mol.